The van der Waals surface area contributed by atoms with E-state index in [4.69, 9.17) is 13.7 Å². The maximum atomic E-state index is 12.6. The quantitative estimate of drug-likeness (QED) is 0.669. The number of hydrogen-bond donors (Lipinski definition) is 0. The van der Waals surface area contributed by atoms with Crippen molar-refractivity contribution in [3.63, 3.8) is 0 Å². The highest BCUT2D eigenvalue weighted by Crippen LogP contribution is 2.33. The van der Waals surface area contributed by atoms with Gasteiger partial charge in [-0.3, -0.25) is 0 Å². The minimum atomic E-state index is -3.96. The van der Waals surface area contributed by atoms with E-state index in [9.17, 15) is 8.42 Å². The molecule has 4 rings (SSSR count). The highest BCUT2D eigenvalue weighted by atomic mass is 32.2. The van der Waals surface area contributed by atoms with Crippen LogP contribution in [0.1, 0.15) is 6.42 Å². The summed E-state index contributed by atoms with van der Waals surface area (Å²) in [4.78, 5) is 0.0323. The third kappa shape index (κ3) is 3.25. The molecule has 0 N–H and O–H groups in total. The fourth-order valence-corrected chi connectivity index (χ4v) is 3.63. The van der Waals surface area contributed by atoms with Crippen molar-refractivity contribution in [2.75, 3.05) is 13.2 Å². The van der Waals surface area contributed by atoms with Crippen molar-refractivity contribution in [1.29, 1.82) is 0 Å². The maximum absolute atomic E-state index is 12.6. The van der Waals surface area contributed by atoms with E-state index in [0.29, 0.717) is 24.7 Å². The zero-order valence-electron chi connectivity index (χ0n) is 13.3. The molecule has 25 heavy (non-hydrogen) atoms. The van der Waals surface area contributed by atoms with Crippen molar-refractivity contribution in [2.24, 2.45) is 0 Å². The Bertz CT molecular complexity index is 1030. The summed E-state index contributed by atoms with van der Waals surface area (Å²) in [7, 11) is -3.96. The van der Waals surface area contributed by atoms with E-state index in [2.05, 4.69) is 0 Å². The van der Waals surface area contributed by atoms with Gasteiger partial charge < -0.3 is 13.7 Å². The fourth-order valence-electron chi connectivity index (χ4n) is 2.69. The van der Waals surface area contributed by atoms with E-state index >= 15 is 0 Å². The van der Waals surface area contributed by atoms with Gasteiger partial charge in [-0.05, 0) is 35.0 Å². The minimum Gasteiger partial charge on any atom is -0.490 e. The van der Waals surface area contributed by atoms with Crippen LogP contribution in [0.3, 0.4) is 0 Å². The molecule has 1 heterocycles. The summed E-state index contributed by atoms with van der Waals surface area (Å²) in [5.74, 6) is 1.23. The van der Waals surface area contributed by atoms with Gasteiger partial charge in [-0.15, -0.1) is 0 Å². The molecule has 1 aliphatic rings. The molecule has 0 saturated carbocycles. The monoisotopic (exact) mass is 356 g/mol. The van der Waals surface area contributed by atoms with Crippen LogP contribution in [0.4, 0.5) is 0 Å². The normalized spacial score (nSPS) is 14.1. The van der Waals surface area contributed by atoms with Crippen LogP contribution < -0.4 is 13.7 Å². The molecule has 0 fully saturated rings. The van der Waals surface area contributed by atoms with Gasteiger partial charge >= 0.3 is 10.1 Å². The molecule has 3 aromatic rings. The topological polar surface area (TPSA) is 61.8 Å². The van der Waals surface area contributed by atoms with Crippen LogP contribution in [-0.2, 0) is 10.1 Å². The lowest BCUT2D eigenvalue weighted by Gasteiger charge is -2.11. The number of ether oxygens (including phenoxy) is 2. The molecule has 0 aliphatic carbocycles. The number of rotatable bonds is 3. The van der Waals surface area contributed by atoms with Crippen molar-refractivity contribution in [3.05, 3.63) is 60.7 Å². The van der Waals surface area contributed by atoms with Crippen LogP contribution in [-0.4, -0.2) is 21.6 Å². The van der Waals surface area contributed by atoms with Crippen LogP contribution in [0.5, 0.6) is 17.2 Å². The first-order valence-electron chi connectivity index (χ1n) is 7.95. The lowest BCUT2D eigenvalue weighted by Crippen LogP contribution is -2.10. The van der Waals surface area contributed by atoms with E-state index in [0.717, 1.165) is 17.2 Å². The summed E-state index contributed by atoms with van der Waals surface area (Å²) in [5, 5.41) is 1.93. The third-order valence-corrected chi connectivity index (χ3v) is 5.18. The van der Waals surface area contributed by atoms with Gasteiger partial charge in [0.2, 0.25) is 0 Å². The molecule has 3 aromatic carbocycles. The molecule has 0 saturated heterocycles. The SMILES string of the molecule is O=S(=O)(Oc1ccc2ccccc2c1)c1ccc2c(c1)OCCCO2. The first-order chi connectivity index (χ1) is 12.1. The van der Waals surface area contributed by atoms with Crippen molar-refractivity contribution >= 4 is 20.9 Å². The second kappa shape index (κ2) is 6.29. The smallest absolute Gasteiger partial charge is 0.339 e. The van der Waals surface area contributed by atoms with Gasteiger partial charge in [0.05, 0.1) is 13.2 Å². The third-order valence-electron chi connectivity index (χ3n) is 3.93. The molecule has 0 radical (unpaired) electrons. The van der Waals surface area contributed by atoms with E-state index in [-0.39, 0.29) is 10.6 Å². The maximum Gasteiger partial charge on any atom is 0.339 e. The first-order valence-corrected chi connectivity index (χ1v) is 9.36. The van der Waals surface area contributed by atoms with Crippen molar-refractivity contribution < 1.29 is 22.1 Å². The average molecular weight is 356 g/mol. The molecule has 0 atom stereocenters. The van der Waals surface area contributed by atoms with Gasteiger partial charge in [0, 0.05) is 12.5 Å². The van der Waals surface area contributed by atoms with Crippen LogP contribution in [0.15, 0.2) is 65.6 Å². The number of fused-ring (bicyclic) bond motifs is 2. The molecule has 0 spiro atoms. The van der Waals surface area contributed by atoms with Gasteiger partial charge in [-0.1, -0.05) is 30.3 Å². The Labute approximate surface area is 145 Å². The zero-order valence-corrected chi connectivity index (χ0v) is 14.2. The van der Waals surface area contributed by atoms with Crippen LogP contribution in [0, 0.1) is 0 Å². The van der Waals surface area contributed by atoms with E-state index in [1.807, 2.05) is 30.3 Å². The highest BCUT2D eigenvalue weighted by molar-refractivity contribution is 7.87. The highest BCUT2D eigenvalue weighted by Gasteiger charge is 2.21. The lowest BCUT2D eigenvalue weighted by atomic mass is 10.1. The Balaban J connectivity index is 1.65. The molecule has 1 aliphatic heterocycles. The number of hydrogen-bond acceptors (Lipinski definition) is 5. The van der Waals surface area contributed by atoms with Crippen molar-refractivity contribution in [2.45, 2.75) is 11.3 Å². The predicted molar refractivity (Wildman–Crippen MR) is 93.8 cm³/mol. The summed E-state index contributed by atoms with van der Waals surface area (Å²) in [6.07, 6.45) is 0.754. The van der Waals surface area contributed by atoms with Gasteiger partial charge in [-0.2, -0.15) is 8.42 Å². The Hall–Kier alpha value is -2.73. The second-order valence-corrected chi connectivity index (χ2v) is 7.25. The number of benzene rings is 3. The van der Waals surface area contributed by atoms with Gasteiger partial charge in [0.15, 0.2) is 11.5 Å². The summed E-state index contributed by atoms with van der Waals surface area (Å²) in [6, 6.07) is 17.4. The summed E-state index contributed by atoms with van der Waals surface area (Å²) >= 11 is 0. The molecule has 6 heteroatoms. The van der Waals surface area contributed by atoms with Gasteiger partial charge in [0.1, 0.15) is 10.6 Å². The summed E-state index contributed by atoms with van der Waals surface area (Å²) in [5.41, 5.74) is 0. The molecule has 5 nitrogen and oxygen atoms in total. The fraction of sp³-hybridized carbons (Fsp3) is 0.158. The lowest BCUT2D eigenvalue weighted by molar-refractivity contribution is 0.296. The van der Waals surface area contributed by atoms with E-state index in [1.54, 1.807) is 18.2 Å². The minimum absolute atomic E-state index is 0.0323. The first kappa shape index (κ1) is 15.8. The van der Waals surface area contributed by atoms with Crippen molar-refractivity contribution in [1.82, 2.24) is 0 Å². The predicted octanol–water partition coefficient (Wildman–Crippen LogP) is 3.77. The van der Waals surface area contributed by atoms with Crippen LogP contribution in [0.25, 0.3) is 10.8 Å². The van der Waals surface area contributed by atoms with Gasteiger partial charge in [0.25, 0.3) is 0 Å². The standard InChI is InChI=1S/C19H16O5S/c20-25(21,17-8-9-18-19(13-17)23-11-3-10-22-18)24-16-7-6-14-4-1-2-5-15(14)12-16/h1-2,4-9,12-13H,3,10-11H2. The van der Waals surface area contributed by atoms with Crippen LogP contribution in [0.2, 0.25) is 0 Å². The van der Waals surface area contributed by atoms with Crippen LogP contribution >= 0.6 is 0 Å². The molecule has 0 unspecified atom stereocenters. The molecule has 0 bridgehead atoms. The Morgan fingerprint density at radius 2 is 1.56 bits per heavy atom. The van der Waals surface area contributed by atoms with Gasteiger partial charge in [-0.25, -0.2) is 0 Å². The largest absolute Gasteiger partial charge is 0.490 e. The Morgan fingerprint density at radius 1 is 0.800 bits per heavy atom. The molecular weight excluding hydrogens is 340 g/mol. The van der Waals surface area contributed by atoms with E-state index < -0.39 is 10.1 Å². The molecule has 128 valence electrons. The second-order valence-electron chi connectivity index (χ2n) is 5.71. The Morgan fingerprint density at radius 3 is 2.40 bits per heavy atom. The summed E-state index contributed by atoms with van der Waals surface area (Å²) in [6.45, 7) is 1.04. The summed E-state index contributed by atoms with van der Waals surface area (Å²) < 4.78 is 41.5. The molecule has 0 aromatic heterocycles. The van der Waals surface area contributed by atoms with E-state index in [1.165, 1.54) is 12.1 Å². The Kier molecular flexibility index (Phi) is 3.97. The molecular formula is C19H16O5S. The van der Waals surface area contributed by atoms with Crippen molar-refractivity contribution in [3.8, 4) is 17.2 Å². The zero-order chi connectivity index (χ0) is 17.3. The average Bonchev–Trinajstić information content (AvgIpc) is 2.86. The molecule has 0 amide bonds.